The first-order chi connectivity index (χ1) is 7.78. The van der Waals surface area contributed by atoms with Crippen molar-refractivity contribution in [2.45, 2.75) is 0 Å². The Morgan fingerprint density at radius 2 is 2.06 bits per heavy atom. The second-order valence-corrected chi connectivity index (χ2v) is 4.00. The number of hydrogen-bond donors (Lipinski definition) is 0. The molecule has 0 saturated carbocycles. The highest BCUT2D eigenvalue weighted by Crippen LogP contribution is 2.23. The number of benzene rings is 1. The van der Waals surface area contributed by atoms with Crippen LogP contribution in [0.4, 0.5) is 0 Å². The van der Waals surface area contributed by atoms with Crippen LogP contribution in [0.15, 0.2) is 47.2 Å². The van der Waals surface area contributed by atoms with Gasteiger partial charge >= 0.3 is 0 Å². The molecule has 0 fully saturated rings. The maximum Gasteiger partial charge on any atom is 0.146 e. The monoisotopic (exact) mass is 274 g/mol. The largest absolute Gasteiger partial charge is 0.456 e. The normalized spacial score (nSPS) is 9.50. The van der Waals surface area contributed by atoms with Crippen LogP contribution in [0, 0.1) is 11.3 Å². The van der Waals surface area contributed by atoms with E-state index in [1.807, 2.05) is 6.07 Å². The Morgan fingerprint density at radius 1 is 1.19 bits per heavy atom. The van der Waals surface area contributed by atoms with Crippen LogP contribution in [0.2, 0.25) is 0 Å². The third kappa shape index (κ3) is 2.59. The number of ether oxygens (including phenoxy) is 1. The predicted octanol–water partition coefficient (Wildman–Crippen LogP) is 3.51. The van der Waals surface area contributed by atoms with E-state index in [1.54, 1.807) is 36.7 Å². The summed E-state index contributed by atoms with van der Waals surface area (Å²) in [5, 5.41) is 8.75. The summed E-state index contributed by atoms with van der Waals surface area (Å²) in [6, 6.07) is 10.9. The number of nitriles is 1. The molecule has 0 radical (unpaired) electrons. The molecule has 0 N–H and O–H groups in total. The highest BCUT2D eigenvalue weighted by Gasteiger charge is 1.99. The minimum Gasteiger partial charge on any atom is -0.456 e. The molecule has 0 unspecified atom stereocenters. The van der Waals surface area contributed by atoms with E-state index in [4.69, 9.17) is 10.00 Å². The van der Waals surface area contributed by atoms with Crippen LogP contribution in [-0.2, 0) is 0 Å². The SMILES string of the molecule is N#Cc1cccc(Oc2cncc(Br)c2)c1. The third-order valence-corrected chi connectivity index (χ3v) is 2.31. The standard InChI is InChI=1S/C12H7BrN2O/c13-10-5-12(8-15-7-10)16-11-3-1-2-9(4-11)6-14/h1-5,7-8H. The number of aromatic nitrogens is 1. The Morgan fingerprint density at radius 3 is 2.81 bits per heavy atom. The van der Waals surface area contributed by atoms with E-state index >= 15 is 0 Å². The van der Waals surface area contributed by atoms with E-state index < -0.39 is 0 Å². The van der Waals surface area contributed by atoms with Crippen LogP contribution < -0.4 is 4.74 Å². The number of halogens is 1. The van der Waals surface area contributed by atoms with Gasteiger partial charge in [-0.25, -0.2) is 0 Å². The molecule has 78 valence electrons. The van der Waals surface area contributed by atoms with Crippen molar-refractivity contribution in [3.63, 3.8) is 0 Å². The van der Waals surface area contributed by atoms with E-state index in [9.17, 15) is 0 Å². The average Bonchev–Trinajstić information content (AvgIpc) is 2.29. The van der Waals surface area contributed by atoms with Gasteiger partial charge in [0.2, 0.25) is 0 Å². The summed E-state index contributed by atoms with van der Waals surface area (Å²) >= 11 is 3.31. The molecule has 2 rings (SSSR count). The van der Waals surface area contributed by atoms with Gasteiger partial charge in [-0.15, -0.1) is 0 Å². The summed E-state index contributed by atoms with van der Waals surface area (Å²) in [4.78, 5) is 3.99. The van der Waals surface area contributed by atoms with Crippen LogP contribution in [-0.4, -0.2) is 4.98 Å². The summed E-state index contributed by atoms with van der Waals surface area (Å²) in [5.41, 5.74) is 0.570. The molecule has 0 spiro atoms. The molecule has 0 aliphatic heterocycles. The lowest BCUT2D eigenvalue weighted by Gasteiger charge is -2.05. The first-order valence-corrected chi connectivity index (χ1v) is 5.36. The van der Waals surface area contributed by atoms with Crippen molar-refractivity contribution < 1.29 is 4.74 Å². The van der Waals surface area contributed by atoms with E-state index in [1.165, 1.54) is 0 Å². The minimum absolute atomic E-state index is 0.570. The predicted molar refractivity (Wildman–Crippen MR) is 63.2 cm³/mol. The fraction of sp³-hybridized carbons (Fsp3) is 0. The molecule has 0 saturated heterocycles. The van der Waals surface area contributed by atoms with E-state index in [0.717, 1.165) is 4.47 Å². The highest BCUT2D eigenvalue weighted by atomic mass is 79.9. The first-order valence-electron chi connectivity index (χ1n) is 4.56. The Balaban J connectivity index is 2.24. The summed E-state index contributed by atoms with van der Waals surface area (Å²) in [7, 11) is 0. The molecule has 16 heavy (non-hydrogen) atoms. The molecule has 1 aromatic carbocycles. The molecule has 0 atom stereocenters. The molecule has 0 aliphatic carbocycles. The van der Waals surface area contributed by atoms with Gasteiger partial charge in [0.25, 0.3) is 0 Å². The topological polar surface area (TPSA) is 45.9 Å². The van der Waals surface area contributed by atoms with Crippen molar-refractivity contribution in [3.8, 4) is 17.6 Å². The zero-order chi connectivity index (χ0) is 11.4. The molecular weight excluding hydrogens is 268 g/mol. The van der Waals surface area contributed by atoms with Gasteiger partial charge in [0.1, 0.15) is 11.5 Å². The molecule has 3 nitrogen and oxygen atoms in total. The van der Waals surface area contributed by atoms with E-state index in [2.05, 4.69) is 27.0 Å². The van der Waals surface area contributed by atoms with Crippen LogP contribution in [0.25, 0.3) is 0 Å². The smallest absolute Gasteiger partial charge is 0.146 e. The van der Waals surface area contributed by atoms with Crippen LogP contribution in [0.5, 0.6) is 11.5 Å². The zero-order valence-corrected chi connectivity index (χ0v) is 9.81. The van der Waals surface area contributed by atoms with Gasteiger partial charge in [-0.1, -0.05) is 6.07 Å². The van der Waals surface area contributed by atoms with Crippen molar-refractivity contribution in [1.82, 2.24) is 4.98 Å². The van der Waals surface area contributed by atoms with Gasteiger partial charge in [-0.3, -0.25) is 4.98 Å². The van der Waals surface area contributed by atoms with Crippen molar-refractivity contribution in [2.24, 2.45) is 0 Å². The van der Waals surface area contributed by atoms with E-state index in [-0.39, 0.29) is 0 Å². The second kappa shape index (κ2) is 4.77. The van der Waals surface area contributed by atoms with E-state index in [0.29, 0.717) is 17.1 Å². The first kappa shape index (κ1) is 10.7. The Bertz CT molecular complexity index is 549. The zero-order valence-electron chi connectivity index (χ0n) is 8.22. The Labute approximate surface area is 101 Å². The number of hydrogen-bond acceptors (Lipinski definition) is 3. The summed E-state index contributed by atoms with van der Waals surface area (Å²) in [6.07, 6.45) is 3.29. The fourth-order valence-corrected chi connectivity index (χ4v) is 1.56. The molecule has 0 aliphatic rings. The summed E-state index contributed by atoms with van der Waals surface area (Å²) in [5.74, 6) is 1.25. The molecule has 0 bridgehead atoms. The van der Waals surface area contributed by atoms with Crippen molar-refractivity contribution in [3.05, 3.63) is 52.8 Å². The summed E-state index contributed by atoms with van der Waals surface area (Å²) < 4.78 is 6.41. The maximum atomic E-state index is 8.75. The van der Waals surface area contributed by atoms with Gasteiger partial charge in [-0.05, 0) is 40.2 Å². The molecule has 2 aromatic rings. The highest BCUT2D eigenvalue weighted by molar-refractivity contribution is 9.10. The minimum atomic E-state index is 0.570. The quantitative estimate of drug-likeness (QED) is 0.842. The molecular formula is C12H7BrN2O. The molecule has 0 amide bonds. The molecule has 1 heterocycles. The number of rotatable bonds is 2. The van der Waals surface area contributed by atoms with Crippen LogP contribution in [0.3, 0.4) is 0 Å². The second-order valence-electron chi connectivity index (χ2n) is 3.08. The van der Waals surface area contributed by atoms with Gasteiger partial charge < -0.3 is 4.74 Å². The Hall–Kier alpha value is -1.86. The van der Waals surface area contributed by atoms with Gasteiger partial charge in [-0.2, -0.15) is 5.26 Å². The summed E-state index contributed by atoms with van der Waals surface area (Å²) in [6.45, 7) is 0. The van der Waals surface area contributed by atoms with Gasteiger partial charge in [0.15, 0.2) is 0 Å². The van der Waals surface area contributed by atoms with Crippen molar-refractivity contribution in [1.29, 1.82) is 5.26 Å². The fourth-order valence-electron chi connectivity index (χ4n) is 1.21. The van der Waals surface area contributed by atoms with Gasteiger partial charge in [0.05, 0.1) is 17.8 Å². The molecule has 1 aromatic heterocycles. The average molecular weight is 275 g/mol. The van der Waals surface area contributed by atoms with Crippen molar-refractivity contribution in [2.75, 3.05) is 0 Å². The maximum absolute atomic E-state index is 8.75. The Kier molecular flexibility index (Phi) is 3.18. The van der Waals surface area contributed by atoms with Crippen LogP contribution >= 0.6 is 15.9 Å². The van der Waals surface area contributed by atoms with Crippen molar-refractivity contribution >= 4 is 15.9 Å². The van der Waals surface area contributed by atoms with Gasteiger partial charge in [0, 0.05) is 10.7 Å². The third-order valence-electron chi connectivity index (χ3n) is 1.88. The number of pyridine rings is 1. The lowest BCUT2D eigenvalue weighted by Crippen LogP contribution is -1.86. The lowest BCUT2D eigenvalue weighted by molar-refractivity contribution is 0.479. The van der Waals surface area contributed by atoms with Crippen LogP contribution in [0.1, 0.15) is 5.56 Å². The molecule has 4 heteroatoms. The number of nitrogens with zero attached hydrogens (tertiary/aromatic N) is 2. The lowest BCUT2D eigenvalue weighted by atomic mass is 10.2.